The van der Waals surface area contributed by atoms with E-state index in [9.17, 15) is 0 Å². The fourth-order valence-corrected chi connectivity index (χ4v) is 3.65. The van der Waals surface area contributed by atoms with Crippen molar-refractivity contribution < 1.29 is 18.9 Å². The molecule has 1 aliphatic carbocycles. The van der Waals surface area contributed by atoms with Gasteiger partial charge in [0.25, 0.3) is 0 Å². The Morgan fingerprint density at radius 2 is 1.57 bits per heavy atom. The molecule has 4 nitrogen and oxygen atoms in total. The van der Waals surface area contributed by atoms with Gasteiger partial charge in [-0.1, -0.05) is 69.2 Å². The third-order valence-corrected chi connectivity index (χ3v) is 5.83. The van der Waals surface area contributed by atoms with Gasteiger partial charge in [-0.3, -0.25) is 0 Å². The third-order valence-electron chi connectivity index (χ3n) is 5.83. The highest BCUT2D eigenvalue weighted by Gasteiger charge is 2.41. The maximum atomic E-state index is 6.34. The van der Waals surface area contributed by atoms with Gasteiger partial charge in [0.15, 0.2) is 6.29 Å². The van der Waals surface area contributed by atoms with Crippen LogP contribution in [-0.4, -0.2) is 38.6 Å². The Morgan fingerprint density at radius 3 is 2.33 bits per heavy atom. The summed E-state index contributed by atoms with van der Waals surface area (Å²) in [5, 5.41) is 2.38. The van der Waals surface area contributed by atoms with Crippen LogP contribution >= 0.6 is 0 Å². The van der Waals surface area contributed by atoms with Gasteiger partial charge in [-0.15, -0.1) is 0 Å². The molecule has 0 spiro atoms. The molecule has 30 heavy (non-hydrogen) atoms. The Bertz CT molecular complexity index is 750. The molecule has 0 radical (unpaired) electrons. The molecular formula is C26H38O4. The normalized spacial score (nSPS) is 17.2. The van der Waals surface area contributed by atoms with Crippen molar-refractivity contribution in [3.8, 4) is 0 Å². The predicted molar refractivity (Wildman–Crippen MR) is 122 cm³/mol. The zero-order valence-electron chi connectivity index (χ0n) is 18.9. The molecule has 0 bridgehead atoms. The summed E-state index contributed by atoms with van der Waals surface area (Å²) in [4.78, 5) is 0. The second-order valence-electron chi connectivity index (χ2n) is 8.75. The monoisotopic (exact) mass is 414 g/mol. The standard InChI is InChI=1S/C26H38O4/c1-4-8-21(2)13-16-27-17-18-28-19-20-29-25(30-26(3)14-15-26)24-12-7-10-22-9-5-6-11-23(22)24/h5-7,9-12,21,25H,4,8,13-20H2,1-3H3. The van der Waals surface area contributed by atoms with Crippen LogP contribution in [0.15, 0.2) is 42.5 Å². The molecule has 0 amide bonds. The fraction of sp³-hybridized carbons (Fsp3) is 0.615. The summed E-state index contributed by atoms with van der Waals surface area (Å²) < 4.78 is 23.9. The van der Waals surface area contributed by atoms with Gasteiger partial charge in [-0.2, -0.15) is 0 Å². The van der Waals surface area contributed by atoms with Crippen molar-refractivity contribution in [2.75, 3.05) is 33.0 Å². The maximum absolute atomic E-state index is 6.34. The van der Waals surface area contributed by atoms with E-state index < -0.39 is 0 Å². The fourth-order valence-electron chi connectivity index (χ4n) is 3.65. The summed E-state index contributed by atoms with van der Waals surface area (Å²) in [6.07, 6.45) is 5.44. The predicted octanol–water partition coefficient (Wildman–Crippen LogP) is 6.28. The van der Waals surface area contributed by atoms with Gasteiger partial charge < -0.3 is 18.9 Å². The molecule has 3 rings (SSSR count). The SMILES string of the molecule is CCCC(C)CCOCCOCCOC(OC1(C)CC1)c1cccc2ccccc12. The first-order chi connectivity index (χ1) is 14.6. The van der Waals surface area contributed by atoms with Crippen LogP contribution in [0.1, 0.15) is 64.7 Å². The lowest BCUT2D eigenvalue weighted by atomic mass is 10.0. The highest BCUT2D eigenvalue weighted by atomic mass is 16.7. The van der Waals surface area contributed by atoms with Crippen molar-refractivity contribution in [1.29, 1.82) is 0 Å². The van der Waals surface area contributed by atoms with Crippen molar-refractivity contribution in [3.05, 3.63) is 48.0 Å². The number of fused-ring (bicyclic) bond motifs is 1. The number of rotatable bonds is 15. The molecule has 166 valence electrons. The van der Waals surface area contributed by atoms with Crippen LogP contribution in [0.2, 0.25) is 0 Å². The molecule has 0 heterocycles. The van der Waals surface area contributed by atoms with Crippen LogP contribution in [0.4, 0.5) is 0 Å². The highest BCUT2D eigenvalue weighted by Crippen LogP contribution is 2.43. The van der Waals surface area contributed by atoms with Crippen LogP contribution in [0.3, 0.4) is 0 Å². The molecule has 1 fully saturated rings. The lowest BCUT2D eigenvalue weighted by Gasteiger charge is -2.24. The number of hydrogen-bond acceptors (Lipinski definition) is 4. The summed E-state index contributed by atoms with van der Waals surface area (Å²) in [6.45, 7) is 9.77. The smallest absolute Gasteiger partial charge is 0.185 e. The summed E-state index contributed by atoms with van der Waals surface area (Å²) in [5.74, 6) is 0.739. The van der Waals surface area contributed by atoms with E-state index in [0.29, 0.717) is 26.4 Å². The van der Waals surface area contributed by atoms with Crippen LogP contribution in [0, 0.1) is 5.92 Å². The Hall–Kier alpha value is -1.46. The van der Waals surface area contributed by atoms with E-state index >= 15 is 0 Å². The quantitative estimate of drug-likeness (QED) is 0.254. The minimum atomic E-state index is -0.372. The van der Waals surface area contributed by atoms with E-state index in [1.54, 1.807) is 0 Å². The molecule has 2 atom stereocenters. The second kappa shape index (κ2) is 11.8. The molecular weight excluding hydrogens is 376 g/mol. The molecule has 4 heteroatoms. The summed E-state index contributed by atoms with van der Waals surface area (Å²) >= 11 is 0. The zero-order chi connectivity index (χ0) is 21.2. The van der Waals surface area contributed by atoms with Crippen molar-refractivity contribution in [2.24, 2.45) is 5.92 Å². The van der Waals surface area contributed by atoms with Crippen LogP contribution < -0.4 is 0 Å². The summed E-state index contributed by atoms with van der Waals surface area (Å²) in [7, 11) is 0. The molecule has 0 saturated heterocycles. The maximum Gasteiger partial charge on any atom is 0.185 e. The Kier molecular flexibility index (Phi) is 9.13. The average molecular weight is 415 g/mol. The van der Waals surface area contributed by atoms with Gasteiger partial charge in [0.2, 0.25) is 0 Å². The highest BCUT2D eigenvalue weighted by molar-refractivity contribution is 5.85. The van der Waals surface area contributed by atoms with Crippen LogP contribution in [0.25, 0.3) is 10.8 Å². The van der Waals surface area contributed by atoms with E-state index in [0.717, 1.165) is 37.4 Å². The number of benzene rings is 2. The second-order valence-corrected chi connectivity index (χ2v) is 8.75. The Labute approximate surface area is 181 Å². The topological polar surface area (TPSA) is 36.9 Å². The van der Waals surface area contributed by atoms with Gasteiger partial charge in [0, 0.05) is 12.2 Å². The lowest BCUT2D eigenvalue weighted by Crippen LogP contribution is -2.20. The minimum Gasteiger partial charge on any atom is -0.379 e. The third kappa shape index (κ3) is 7.35. The van der Waals surface area contributed by atoms with Gasteiger partial charge in [0.1, 0.15) is 0 Å². The van der Waals surface area contributed by atoms with Crippen molar-refractivity contribution >= 4 is 10.8 Å². The van der Waals surface area contributed by atoms with Crippen molar-refractivity contribution in [1.82, 2.24) is 0 Å². The van der Waals surface area contributed by atoms with Crippen molar-refractivity contribution in [3.63, 3.8) is 0 Å². The number of hydrogen-bond donors (Lipinski definition) is 0. The van der Waals surface area contributed by atoms with Crippen LogP contribution in [0.5, 0.6) is 0 Å². The average Bonchev–Trinajstić information content (AvgIpc) is 3.48. The minimum absolute atomic E-state index is 0.0643. The molecule has 0 aromatic heterocycles. The molecule has 0 N–H and O–H groups in total. The Morgan fingerprint density at radius 1 is 0.867 bits per heavy atom. The summed E-state index contributed by atoms with van der Waals surface area (Å²) in [5.41, 5.74) is 1.02. The molecule has 2 aromatic rings. The first-order valence-corrected chi connectivity index (χ1v) is 11.5. The number of ether oxygens (including phenoxy) is 4. The summed E-state index contributed by atoms with van der Waals surface area (Å²) in [6, 6.07) is 14.7. The van der Waals surface area contributed by atoms with Crippen LogP contribution in [-0.2, 0) is 18.9 Å². The van der Waals surface area contributed by atoms with Gasteiger partial charge in [0.05, 0.1) is 32.0 Å². The van der Waals surface area contributed by atoms with E-state index in [1.165, 1.54) is 23.6 Å². The zero-order valence-corrected chi connectivity index (χ0v) is 18.9. The molecule has 0 aliphatic heterocycles. The van der Waals surface area contributed by atoms with E-state index in [-0.39, 0.29) is 11.9 Å². The molecule has 2 unspecified atom stereocenters. The first kappa shape index (κ1) is 23.2. The van der Waals surface area contributed by atoms with E-state index in [2.05, 4.69) is 63.2 Å². The molecule has 1 saturated carbocycles. The van der Waals surface area contributed by atoms with Gasteiger partial charge >= 0.3 is 0 Å². The molecule has 2 aromatic carbocycles. The first-order valence-electron chi connectivity index (χ1n) is 11.5. The van der Waals surface area contributed by atoms with E-state index in [1.807, 2.05) is 0 Å². The lowest BCUT2D eigenvalue weighted by molar-refractivity contribution is -0.186. The Balaban J connectivity index is 1.41. The van der Waals surface area contributed by atoms with Crippen molar-refractivity contribution in [2.45, 2.75) is 64.8 Å². The molecule has 1 aliphatic rings. The largest absolute Gasteiger partial charge is 0.379 e. The van der Waals surface area contributed by atoms with E-state index in [4.69, 9.17) is 18.9 Å². The van der Waals surface area contributed by atoms with Gasteiger partial charge in [-0.25, -0.2) is 0 Å². The van der Waals surface area contributed by atoms with Gasteiger partial charge in [-0.05, 0) is 42.9 Å².